The Hall–Kier alpha value is -0.620. The molecular weight excluding hydrogens is 252 g/mol. The van der Waals surface area contributed by atoms with Crippen molar-refractivity contribution in [1.29, 1.82) is 0 Å². The van der Waals surface area contributed by atoms with Gasteiger partial charge in [-0.3, -0.25) is 4.79 Å². The van der Waals surface area contributed by atoms with Crippen LogP contribution in [0.25, 0.3) is 0 Å². The summed E-state index contributed by atoms with van der Waals surface area (Å²) in [5, 5.41) is 7.45. The Morgan fingerprint density at radius 1 is 1.17 bits per heavy atom. The summed E-state index contributed by atoms with van der Waals surface area (Å²) in [6.45, 7) is 0.113. The lowest BCUT2D eigenvalue weighted by atomic mass is 9.95. The fraction of sp³-hybridized carbons (Fsp3) is 0.917. The van der Waals surface area contributed by atoms with E-state index in [9.17, 15) is 13.2 Å². The number of hydrogen-bond acceptors (Lipinski definition) is 3. The Kier molecular flexibility index (Phi) is 6.63. The third-order valence-electron chi connectivity index (χ3n) is 3.46. The first-order chi connectivity index (χ1) is 8.47. The zero-order chi connectivity index (χ0) is 13.4. The number of carbonyl (C=O) groups is 1. The molecule has 1 amide bonds. The molecule has 106 valence electrons. The number of nitrogens with two attached hydrogens (primary N) is 1. The largest absolute Gasteiger partial charge is 0.355 e. The maximum absolute atomic E-state index is 11.5. The number of amides is 1. The predicted octanol–water partition coefficient (Wildman–Crippen LogP) is 1.14. The lowest BCUT2D eigenvalue weighted by Gasteiger charge is -2.13. The van der Waals surface area contributed by atoms with E-state index in [1.165, 1.54) is 38.5 Å². The van der Waals surface area contributed by atoms with Gasteiger partial charge in [-0.1, -0.05) is 38.5 Å². The van der Waals surface area contributed by atoms with E-state index >= 15 is 0 Å². The number of nitrogens with one attached hydrogen (secondary N) is 1. The molecule has 0 aromatic rings. The van der Waals surface area contributed by atoms with Gasteiger partial charge in [0.15, 0.2) is 0 Å². The van der Waals surface area contributed by atoms with Crippen LogP contribution in [0.1, 0.15) is 51.4 Å². The van der Waals surface area contributed by atoms with Crippen LogP contribution in [0.3, 0.4) is 0 Å². The van der Waals surface area contributed by atoms with E-state index in [1.54, 1.807) is 0 Å². The van der Waals surface area contributed by atoms with Crippen molar-refractivity contribution in [1.82, 2.24) is 5.32 Å². The molecule has 0 radical (unpaired) electrons. The number of primary sulfonamides is 1. The van der Waals surface area contributed by atoms with Gasteiger partial charge in [0.25, 0.3) is 0 Å². The number of sulfonamides is 1. The molecule has 0 atom stereocenters. The highest BCUT2D eigenvalue weighted by Crippen LogP contribution is 2.26. The van der Waals surface area contributed by atoms with Crippen molar-refractivity contribution in [3.63, 3.8) is 0 Å². The minimum Gasteiger partial charge on any atom is -0.355 e. The molecule has 0 spiro atoms. The molecule has 1 rings (SSSR count). The normalized spacial score (nSPS) is 18.3. The molecule has 0 saturated heterocycles. The van der Waals surface area contributed by atoms with Gasteiger partial charge < -0.3 is 5.32 Å². The second-order valence-corrected chi connectivity index (χ2v) is 6.85. The highest BCUT2D eigenvalue weighted by atomic mass is 32.2. The Bertz CT molecular complexity index is 346. The fourth-order valence-corrected chi connectivity index (χ4v) is 2.80. The van der Waals surface area contributed by atoms with Gasteiger partial charge in [-0.15, -0.1) is 0 Å². The van der Waals surface area contributed by atoms with E-state index in [0.717, 1.165) is 6.42 Å². The Labute approximate surface area is 110 Å². The van der Waals surface area contributed by atoms with E-state index in [-0.39, 0.29) is 18.2 Å². The maximum atomic E-state index is 11.5. The van der Waals surface area contributed by atoms with E-state index < -0.39 is 10.0 Å². The zero-order valence-corrected chi connectivity index (χ0v) is 11.7. The van der Waals surface area contributed by atoms with Crippen molar-refractivity contribution in [3.05, 3.63) is 0 Å². The lowest BCUT2D eigenvalue weighted by molar-refractivity contribution is -0.121. The van der Waals surface area contributed by atoms with Gasteiger partial charge in [0.1, 0.15) is 0 Å². The molecule has 0 aromatic heterocycles. The minimum absolute atomic E-state index is 0.0668. The number of carbonyl (C=O) groups excluding carboxylic acids is 1. The summed E-state index contributed by atoms with van der Waals surface area (Å²) in [6.07, 6.45) is 9.05. The molecular formula is C12H24N2O3S. The first-order valence-electron chi connectivity index (χ1n) is 6.74. The van der Waals surface area contributed by atoms with Gasteiger partial charge in [0, 0.05) is 13.0 Å². The summed E-state index contributed by atoms with van der Waals surface area (Å²) in [5.41, 5.74) is 0. The Morgan fingerprint density at radius 2 is 1.78 bits per heavy atom. The monoisotopic (exact) mass is 276 g/mol. The zero-order valence-electron chi connectivity index (χ0n) is 10.9. The summed E-state index contributed by atoms with van der Waals surface area (Å²) in [6, 6.07) is 0. The molecule has 1 aliphatic carbocycles. The van der Waals surface area contributed by atoms with Crippen molar-refractivity contribution < 1.29 is 13.2 Å². The van der Waals surface area contributed by atoms with Crippen molar-refractivity contribution in [3.8, 4) is 0 Å². The standard InChI is InChI=1S/C12H24N2O3S/c13-18(16,17)10-9-14-12(15)8-7-11-5-3-1-2-4-6-11/h11H,1-10H2,(H,14,15)(H2,13,16,17). The summed E-state index contributed by atoms with van der Waals surface area (Å²) in [5.74, 6) is 0.404. The highest BCUT2D eigenvalue weighted by molar-refractivity contribution is 7.89. The van der Waals surface area contributed by atoms with E-state index in [2.05, 4.69) is 5.32 Å². The van der Waals surface area contributed by atoms with Crippen molar-refractivity contribution in [2.45, 2.75) is 51.4 Å². The third-order valence-corrected chi connectivity index (χ3v) is 4.24. The highest BCUT2D eigenvalue weighted by Gasteiger charge is 2.14. The van der Waals surface area contributed by atoms with E-state index in [0.29, 0.717) is 12.3 Å². The van der Waals surface area contributed by atoms with Crippen LogP contribution in [0, 0.1) is 5.92 Å². The predicted molar refractivity (Wildman–Crippen MR) is 71.4 cm³/mol. The minimum atomic E-state index is -3.47. The average molecular weight is 276 g/mol. The smallest absolute Gasteiger partial charge is 0.220 e. The molecule has 1 aliphatic rings. The first-order valence-corrected chi connectivity index (χ1v) is 8.46. The Balaban J connectivity index is 2.12. The maximum Gasteiger partial charge on any atom is 0.220 e. The van der Waals surface area contributed by atoms with Crippen molar-refractivity contribution in [2.75, 3.05) is 12.3 Å². The molecule has 0 aliphatic heterocycles. The summed E-state index contributed by atoms with van der Waals surface area (Å²) in [7, 11) is -3.47. The molecule has 0 bridgehead atoms. The molecule has 3 N–H and O–H groups in total. The van der Waals surface area contributed by atoms with Gasteiger partial charge in [-0.05, 0) is 12.3 Å². The second-order valence-electron chi connectivity index (χ2n) is 5.11. The molecule has 0 aromatic carbocycles. The molecule has 5 nitrogen and oxygen atoms in total. The summed E-state index contributed by atoms with van der Waals surface area (Å²) >= 11 is 0. The van der Waals surface area contributed by atoms with Crippen molar-refractivity contribution >= 4 is 15.9 Å². The van der Waals surface area contributed by atoms with Crippen molar-refractivity contribution in [2.24, 2.45) is 11.1 Å². The molecule has 1 saturated carbocycles. The van der Waals surface area contributed by atoms with Gasteiger partial charge in [0.2, 0.25) is 15.9 Å². The Morgan fingerprint density at radius 3 is 2.33 bits per heavy atom. The molecule has 18 heavy (non-hydrogen) atoms. The summed E-state index contributed by atoms with van der Waals surface area (Å²) < 4.78 is 21.4. The van der Waals surface area contributed by atoms with Crippen LogP contribution in [0.2, 0.25) is 0 Å². The van der Waals surface area contributed by atoms with Crippen LogP contribution in [0.4, 0.5) is 0 Å². The van der Waals surface area contributed by atoms with E-state index in [1.807, 2.05) is 0 Å². The quantitative estimate of drug-likeness (QED) is 0.713. The van der Waals surface area contributed by atoms with Crippen LogP contribution >= 0.6 is 0 Å². The topological polar surface area (TPSA) is 89.3 Å². The molecule has 0 heterocycles. The van der Waals surface area contributed by atoms with Crippen LogP contribution < -0.4 is 10.5 Å². The van der Waals surface area contributed by atoms with Gasteiger partial charge >= 0.3 is 0 Å². The SMILES string of the molecule is NS(=O)(=O)CCNC(=O)CCC1CCCCCC1. The summed E-state index contributed by atoms with van der Waals surface area (Å²) in [4.78, 5) is 11.5. The van der Waals surface area contributed by atoms with Crippen LogP contribution in [0.15, 0.2) is 0 Å². The van der Waals surface area contributed by atoms with Gasteiger partial charge in [-0.2, -0.15) is 0 Å². The number of hydrogen-bond donors (Lipinski definition) is 2. The molecule has 1 fully saturated rings. The van der Waals surface area contributed by atoms with E-state index in [4.69, 9.17) is 5.14 Å². The van der Waals surface area contributed by atoms with Crippen LogP contribution in [0.5, 0.6) is 0 Å². The average Bonchev–Trinajstić information content (AvgIpc) is 2.53. The fourth-order valence-electron chi connectivity index (χ4n) is 2.41. The van der Waals surface area contributed by atoms with Crippen LogP contribution in [-0.2, 0) is 14.8 Å². The van der Waals surface area contributed by atoms with Gasteiger partial charge in [0.05, 0.1) is 5.75 Å². The first kappa shape index (κ1) is 15.4. The lowest BCUT2D eigenvalue weighted by Crippen LogP contribution is -2.31. The van der Waals surface area contributed by atoms with Crippen LogP contribution in [-0.4, -0.2) is 26.6 Å². The van der Waals surface area contributed by atoms with Gasteiger partial charge in [-0.25, -0.2) is 13.6 Å². The second kappa shape index (κ2) is 7.74. The molecule has 0 unspecified atom stereocenters. The third kappa shape index (κ3) is 7.66. The number of rotatable bonds is 6. The molecule has 6 heteroatoms.